The lowest BCUT2D eigenvalue weighted by molar-refractivity contribution is -0.159. The molecule has 0 bridgehead atoms. The van der Waals surface area contributed by atoms with Crippen molar-refractivity contribution in [3.05, 3.63) is 0 Å². The standard InChI is InChI=1S/C54H102N2O9/c1-4-7-10-13-14-15-16-20-28-41-61-51(57)34-24-23-25-40-56-48-49(60-46-33-39-55-37-26-27-38-55)47-50(56)54(59)65-45-32-22-17-21-29-42-62-52(58)35-36-53(63-43-30-18-11-8-5-2)64-44-31-19-12-9-6-3/h49-50,53H,4-48H2,1-3H3. The fourth-order valence-corrected chi connectivity index (χ4v) is 9.00. The van der Waals surface area contributed by atoms with Crippen molar-refractivity contribution in [3.63, 3.8) is 0 Å². The zero-order valence-electron chi connectivity index (χ0n) is 42.6. The number of rotatable bonds is 47. The van der Waals surface area contributed by atoms with Gasteiger partial charge in [0.1, 0.15) is 6.04 Å². The molecular weight excluding hydrogens is 821 g/mol. The molecule has 2 fully saturated rings. The van der Waals surface area contributed by atoms with Gasteiger partial charge in [-0.25, -0.2) is 0 Å². The number of nitrogens with zero attached hydrogens (tertiary/aromatic N) is 2. The van der Waals surface area contributed by atoms with Crippen molar-refractivity contribution < 1.29 is 42.8 Å². The summed E-state index contributed by atoms with van der Waals surface area (Å²) < 4.78 is 35.3. The molecule has 2 saturated heterocycles. The van der Waals surface area contributed by atoms with Crippen LogP contribution in [0.3, 0.4) is 0 Å². The van der Waals surface area contributed by atoms with Crippen molar-refractivity contribution in [3.8, 4) is 0 Å². The molecule has 0 N–H and O–H groups in total. The molecule has 11 heteroatoms. The van der Waals surface area contributed by atoms with Crippen LogP contribution in [-0.2, 0) is 42.8 Å². The van der Waals surface area contributed by atoms with Gasteiger partial charge in [0.2, 0.25) is 0 Å². The largest absolute Gasteiger partial charge is 0.466 e. The predicted octanol–water partition coefficient (Wildman–Crippen LogP) is 12.7. The highest BCUT2D eigenvalue weighted by atomic mass is 16.7. The third-order valence-electron chi connectivity index (χ3n) is 13.1. The second-order valence-corrected chi connectivity index (χ2v) is 19.2. The lowest BCUT2D eigenvalue weighted by atomic mass is 10.1. The third kappa shape index (κ3) is 34.2. The van der Waals surface area contributed by atoms with Gasteiger partial charge in [-0.15, -0.1) is 0 Å². The maximum Gasteiger partial charge on any atom is 0.323 e. The second-order valence-electron chi connectivity index (χ2n) is 19.2. The minimum Gasteiger partial charge on any atom is -0.466 e. The van der Waals surface area contributed by atoms with Gasteiger partial charge in [-0.2, -0.15) is 0 Å². The quantitative estimate of drug-likeness (QED) is 0.0252. The average molecular weight is 923 g/mol. The normalized spacial score (nSPS) is 16.8. The average Bonchev–Trinajstić information content (AvgIpc) is 3.99. The summed E-state index contributed by atoms with van der Waals surface area (Å²) in [5.41, 5.74) is 0. The lowest BCUT2D eigenvalue weighted by Gasteiger charge is -2.22. The van der Waals surface area contributed by atoms with E-state index in [1.165, 1.54) is 122 Å². The molecule has 0 spiro atoms. The van der Waals surface area contributed by atoms with E-state index in [1.54, 1.807) is 0 Å². The van der Waals surface area contributed by atoms with Crippen LogP contribution in [-0.4, -0.2) is 119 Å². The highest BCUT2D eigenvalue weighted by molar-refractivity contribution is 5.76. The molecule has 11 nitrogen and oxygen atoms in total. The van der Waals surface area contributed by atoms with Crippen molar-refractivity contribution in [2.45, 2.75) is 258 Å². The minimum atomic E-state index is -0.345. The van der Waals surface area contributed by atoms with Crippen molar-refractivity contribution in [1.82, 2.24) is 9.80 Å². The molecule has 0 aromatic rings. The van der Waals surface area contributed by atoms with E-state index in [2.05, 4.69) is 30.6 Å². The van der Waals surface area contributed by atoms with Gasteiger partial charge < -0.3 is 33.3 Å². The molecule has 2 atom stereocenters. The Morgan fingerprint density at radius 2 is 0.938 bits per heavy atom. The maximum absolute atomic E-state index is 13.4. The monoisotopic (exact) mass is 923 g/mol. The molecule has 0 saturated carbocycles. The van der Waals surface area contributed by atoms with Gasteiger partial charge in [-0.1, -0.05) is 149 Å². The van der Waals surface area contributed by atoms with Crippen molar-refractivity contribution in [1.29, 1.82) is 0 Å². The summed E-state index contributed by atoms with van der Waals surface area (Å²) >= 11 is 0. The molecule has 382 valence electrons. The minimum absolute atomic E-state index is 0.0366. The van der Waals surface area contributed by atoms with E-state index in [0.29, 0.717) is 58.7 Å². The summed E-state index contributed by atoms with van der Waals surface area (Å²) in [7, 11) is 0. The number of hydrogen-bond donors (Lipinski definition) is 0. The summed E-state index contributed by atoms with van der Waals surface area (Å²) in [6.45, 7) is 15.2. The van der Waals surface area contributed by atoms with Crippen molar-refractivity contribution >= 4 is 17.9 Å². The van der Waals surface area contributed by atoms with Gasteiger partial charge in [-0.05, 0) is 83.8 Å². The molecule has 0 radical (unpaired) electrons. The maximum atomic E-state index is 13.4. The molecule has 2 aliphatic heterocycles. The number of ether oxygens (including phenoxy) is 6. The van der Waals surface area contributed by atoms with E-state index in [1.807, 2.05) is 0 Å². The van der Waals surface area contributed by atoms with Crippen LogP contribution in [0, 0.1) is 0 Å². The molecule has 2 rings (SSSR count). The smallest absolute Gasteiger partial charge is 0.323 e. The number of hydrogen-bond acceptors (Lipinski definition) is 11. The first-order valence-electron chi connectivity index (χ1n) is 27.8. The number of esters is 3. The number of carbonyl (C=O) groups is 3. The first-order valence-corrected chi connectivity index (χ1v) is 27.8. The molecule has 65 heavy (non-hydrogen) atoms. The summed E-state index contributed by atoms with van der Waals surface area (Å²) in [5, 5.41) is 0. The third-order valence-corrected chi connectivity index (χ3v) is 13.1. The van der Waals surface area contributed by atoms with E-state index in [0.717, 1.165) is 110 Å². The van der Waals surface area contributed by atoms with Crippen LogP contribution in [0.4, 0.5) is 0 Å². The topological polar surface area (TPSA) is 113 Å². The Bertz CT molecular complexity index is 1090. The van der Waals surface area contributed by atoms with Gasteiger partial charge in [-0.3, -0.25) is 19.3 Å². The fraction of sp³-hybridized carbons (Fsp3) is 0.944. The Morgan fingerprint density at radius 1 is 0.477 bits per heavy atom. The van der Waals surface area contributed by atoms with Gasteiger partial charge in [0.25, 0.3) is 0 Å². The highest BCUT2D eigenvalue weighted by Crippen LogP contribution is 2.24. The van der Waals surface area contributed by atoms with Gasteiger partial charge in [0, 0.05) is 52.2 Å². The molecular formula is C54H102N2O9. The van der Waals surface area contributed by atoms with E-state index in [4.69, 9.17) is 28.4 Å². The van der Waals surface area contributed by atoms with Gasteiger partial charge in [0.15, 0.2) is 6.29 Å². The first-order chi connectivity index (χ1) is 32.0. The van der Waals surface area contributed by atoms with E-state index >= 15 is 0 Å². The Kier molecular flexibility index (Phi) is 39.7. The number of carbonyl (C=O) groups excluding carboxylic acids is 3. The summed E-state index contributed by atoms with van der Waals surface area (Å²) in [5.74, 6) is -0.413. The number of likely N-dealkylation sites (tertiary alicyclic amines) is 2. The molecule has 0 aromatic heterocycles. The summed E-state index contributed by atoms with van der Waals surface area (Å²) in [6, 6.07) is -0.283. The SMILES string of the molecule is CCCCCCCCCCCOC(=O)CCCCCN1CC(OCCCN2CCCC2)CC1C(=O)OCCCCCCCOC(=O)CCC(OCCCCCCC)OCCCCCCC. The fourth-order valence-electron chi connectivity index (χ4n) is 9.00. The second kappa shape index (κ2) is 43.5. The van der Waals surface area contributed by atoms with Crippen LogP contribution in [0.25, 0.3) is 0 Å². The predicted molar refractivity (Wildman–Crippen MR) is 264 cm³/mol. The van der Waals surface area contributed by atoms with E-state index < -0.39 is 0 Å². The van der Waals surface area contributed by atoms with Gasteiger partial charge in [0.05, 0.1) is 32.3 Å². The zero-order chi connectivity index (χ0) is 46.7. The molecule has 0 amide bonds. The van der Waals surface area contributed by atoms with E-state index in [9.17, 15) is 14.4 Å². The summed E-state index contributed by atoms with van der Waals surface area (Å²) in [4.78, 5) is 43.0. The lowest BCUT2D eigenvalue weighted by Crippen LogP contribution is -2.38. The Balaban J connectivity index is 1.60. The van der Waals surface area contributed by atoms with Crippen LogP contribution in [0.2, 0.25) is 0 Å². The Hall–Kier alpha value is -1.79. The van der Waals surface area contributed by atoms with Crippen LogP contribution >= 0.6 is 0 Å². The number of unbranched alkanes of at least 4 members (excludes halogenated alkanes) is 22. The van der Waals surface area contributed by atoms with E-state index in [-0.39, 0.29) is 36.3 Å². The summed E-state index contributed by atoms with van der Waals surface area (Å²) in [6.07, 6.45) is 35.6. The van der Waals surface area contributed by atoms with Crippen LogP contribution in [0.5, 0.6) is 0 Å². The molecule has 2 aliphatic rings. The van der Waals surface area contributed by atoms with Gasteiger partial charge >= 0.3 is 17.9 Å². The van der Waals surface area contributed by atoms with Crippen molar-refractivity contribution in [2.24, 2.45) is 0 Å². The molecule has 2 heterocycles. The van der Waals surface area contributed by atoms with Crippen molar-refractivity contribution in [2.75, 3.05) is 72.4 Å². The highest BCUT2D eigenvalue weighted by Gasteiger charge is 2.38. The zero-order valence-corrected chi connectivity index (χ0v) is 42.6. The molecule has 0 aliphatic carbocycles. The first kappa shape index (κ1) is 59.3. The molecule has 2 unspecified atom stereocenters. The molecule has 0 aromatic carbocycles. The van der Waals surface area contributed by atoms with Crippen LogP contribution in [0.15, 0.2) is 0 Å². The Morgan fingerprint density at radius 3 is 1.48 bits per heavy atom. The van der Waals surface area contributed by atoms with Crippen LogP contribution in [0.1, 0.15) is 239 Å². The Labute approximate surface area is 399 Å². The van der Waals surface area contributed by atoms with Crippen LogP contribution < -0.4 is 0 Å².